The average Bonchev–Trinajstić information content (AvgIpc) is 2.40. The highest BCUT2D eigenvalue weighted by Gasteiger charge is 2.35. The first-order valence-corrected chi connectivity index (χ1v) is 7.14. The largest absolute Gasteiger partial charge is 0.418 e. The molecule has 0 aliphatic carbocycles. The minimum Gasteiger partial charge on any atom is -0.399 e. The van der Waals surface area contributed by atoms with E-state index >= 15 is 0 Å². The van der Waals surface area contributed by atoms with Gasteiger partial charge >= 0.3 is 6.18 Å². The maximum Gasteiger partial charge on any atom is 0.418 e. The van der Waals surface area contributed by atoms with Crippen LogP contribution in [0.3, 0.4) is 0 Å². The smallest absolute Gasteiger partial charge is 0.399 e. The predicted octanol–water partition coefficient (Wildman–Crippen LogP) is 3.07. The first-order valence-electron chi connectivity index (χ1n) is 7.14. The van der Waals surface area contributed by atoms with Crippen molar-refractivity contribution >= 4 is 11.4 Å². The van der Waals surface area contributed by atoms with Gasteiger partial charge < -0.3 is 15.5 Å². The number of halogens is 3. The number of anilines is 2. The van der Waals surface area contributed by atoms with Crippen LogP contribution in [0, 0.1) is 5.92 Å². The molecule has 0 spiro atoms. The lowest BCUT2D eigenvalue weighted by atomic mass is 9.96. The molecule has 1 aromatic rings. The van der Waals surface area contributed by atoms with Crippen molar-refractivity contribution in [2.24, 2.45) is 5.92 Å². The molecule has 0 amide bonds. The molecule has 1 aromatic carbocycles. The molecule has 0 aromatic heterocycles. The van der Waals surface area contributed by atoms with Gasteiger partial charge in [-0.2, -0.15) is 13.2 Å². The van der Waals surface area contributed by atoms with E-state index in [0.717, 1.165) is 32.0 Å². The van der Waals surface area contributed by atoms with Crippen molar-refractivity contribution in [3.05, 3.63) is 23.8 Å². The molecule has 118 valence electrons. The summed E-state index contributed by atoms with van der Waals surface area (Å²) in [7, 11) is 3.79. The summed E-state index contributed by atoms with van der Waals surface area (Å²) in [4.78, 5) is 3.96. The molecule has 0 unspecified atom stereocenters. The van der Waals surface area contributed by atoms with Crippen LogP contribution in [-0.4, -0.2) is 38.6 Å². The number of likely N-dealkylation sites (tertiary alicyclic amines) is 1. The van der Waals surface area contributed by atoms with Crippen LogP contribution >= 0.6 is 0 Å². The number of nitrogens with zero attached hydrogens (tertiary/aromatic N) is 2. The fourth-order valence-corrected chi connectivity index (χ4v) is 2.84. The summed E-state index contributed by atoms with van der Waals surface area (Å²) in [6, 6.07) is 4.00. The third-order valence-electron chi connectivity index (χ3n) is 4.11. The molecule has 1 aliphatic heterocycles. The number of rotatable bonds is 3. The Bertz CT molecular complexity index is 480. The van der Waals surface area contributed by atoms with Crippen LogP contribution in [0.5, 0.6) is 0 Å². The van der Waals surface area contributed by atoms with Crippen molar-refractivity contribution in [3.8, 4) is 0 Å². The molecule has 1 saturated heterocycles. The summed E-state index contributed by atoms with van der Waals surface area (Å²) in [5, 5.41) is 0. The van der Waals surface area contributed by atoms with Crippen LogP contribution in [0.4, 0.5) is 24.5 Å². The van der Waals surface area contributed by atoms with E-state index in [2.05, 4.69) is 11.9 Å². The Morgan fingerprint density at radius 1 is 1.29 bits per heavy atom. The number of hydrogen-bond acceptors (Lipinski definition) is 3. The molecule has 1 fully saturated rings. The highest BCUT2D eigenvalue weighted by molar-refractivity contribution is 5.60. The van der Waals surface area contributed by atoms with Crippen molar-refractivity contribution in [1.29, 1.82) is 0 Å². The molecule has 0 saturated carbocycles. The van der Waals surface area contributed by atoms with Crippen molar-refractivity contribution in [1.82, 2.24) is 4.90 Å². The van der Waals surface area contributed by atoms with E-state index in [4.69, 9.17) is 5.73 Å². The quantitative estimate of drug-likeness (QED) is 0.871. The summed E-state index contributed by atoms with van der Waals surface area (Å²) >= 11 is 0. The summed E-state index contributed by atoms with van der Waals surface area (Å²) in [5.74, 6) is 0.435. The highest BCUT2D eigenvalue weighted by atomic mass is 19.4. The number of benzene rings is 1. The summed E-state index contributed by atoms with van der Waals surface area (Å²) in [6.07, 6.45) is -2.33. The third-order valence-corrected chi connectivity index (χ3v) is 4.11. The van der Waals surface area contributed by atoms with E-state index in [1.54, 1.807) is 11.9 Å². The van der Waals surface area contributed by atoms with E-state index in [-0.39, 0.29) is 11.4 Å². The fraction of sp³-hybridized carbons (Fsp3) is 0.600. The van der Waals surface area contributed by atoms with Gasteiger partial charge in [-0.1, -0.05) is 0 Å². The summed E-state index contributed by atoms with van der Waals surface area (Å²) in [5.41, 5.74) is 5.19. The number of hydrogen-bond donors (Lipinski definition) is 1. The highest BCUT2D eigenvalue weighted by Crippen LogP contribution is 2.38. The molecule has 0 bridgehead atoms. The van der Waals surface area contributed by atoms with E-state index in [9.17, 15) is 13.2 Å². The SMILES string of the molecule is CN1CCC(CN(C)c2ccc(N)cc2C(F)(F)F)CC1. The number of nitrogens with two attached hydrogens (primary N) is 1. The van der Waals surface area contributed by atoms with Crippen LogP contribution in [0.25, 0.3) is 0 Å². The number of piperidine rings is 1. The lowest BCUT2D eigenvalue weighted by molar-refractivity contribution is -0.137. The van der Waals surface area contributed by atoms with Gasteiger partial charge in [0.1, 0.15) is 0 Å². The summed E-state index contributed by atoms with van der Waals surface area (Å²) in [6.45, 7) is 2.65. The molecule has 1 aliphatic rings. The Hall–Kier alpha value is -1.43. The van der Waals surface area contributed by atoms with Crippen LogP contribution in [0.2, 0.25) is 0 Å². The number of alkyl halides is 3. The van der Waals surface area contributed by atoms with Gasteiger partial charge in [0.25, 0.3) is 0 Å². The minimum atomic E-state index is -4.38. The Kier molecular flexibility index (Phi) is 4.66. The molecule has 6 heteroatoms. The van der Waals surface area contributed by atoms with Crippen LogP contribution in [-0.2, 0) is 6.18 Å². The van der Waals surface area contributed by atoms with Crippen LogP contribution in [0.1, 0.15) is 18.4 Å². The van der Waals surface area contributed by atoms with Gasteiger partial charge in [0, 0.05) is 25.0 Å². The Labute approximate surface area is 123 Å². The predicted molar refractivity (Wildman–Crippen MR) is 79.3 cm³/mol. The van der Waals surface area contributed by atoms with E-state index in [0.29, 0.717) is 12.5 Å². The van der Waals surface area contributed by atoms with E-state index in [1.807, 2.05) is 0 Å². The van der Waals surface area contributed by atoms with Crippen LogP contribution in [0.15, 0.2) is 18.2 Å². The standard InChI is InChI=1S/C15H22F3N3/c1-20-7-5-11(6-8-20)10-21(2)14-4-3-12(19)9-13(14)15(16,17)18/h3-4,9,11H,5-8,10,19H2,1-2H3. The van der Waals surface area contributed by atoms with Crippen molar-refractivity contribution in [2.45, 2.75) is 19.0 Å². The molecule has 21 heavy (non-hydrogen) atoms. The molecule has 1 heterocycles. The van der Waals surface area contributed by atoms with Gasteiger partial charge in [-0.15, -0.1) is 0 Å². The zero-order chi connectivity index (χ0) is 15.6. The van der Waals surface area contributed by atoms with Crippen molar-refractivity contribution < 1.29 is 13.2 Å². The second-order valence-electron chi connectivity index (χ2n) is 5.90. The zero-order valence-corrected chi connectivity index (χ0v) is 12.5. The lowest BCUT2D eigenvalue weighted by Crippen LogP contribution is -2.36. The average molecular weight is 301 g/mol. The lowest BCUT2D eigenvalue weighted by Gasteiger charge is -2.33. The second-order valence-corrected chi connectivity index (χ2v) is 5.90. The Morgan fingerprint density at radius 2 is 1.90 bits per heavy atom. The van der Waals surface area contributed by atoms with Gasteiger partial charge in [0.05, 0.1) is 5.56 Å². The maximum absolute atomic E-state index is 13.1. The molecular formula is C15H22F3N3. The molecule has 0 atom stereocenters. The van der Waals surface area contributed by atoms with Crippen molar-refractivity contribution in [3.63, 3.8) is 0 Å². The van der Waals surface area contributed by atoms with Gasteiger partial charge in [-0.05, 0) is 57.1 Å². The first kappa shape index (κ1) is 15.9. The minimum absolute atomic E-state index is 0.138. The topological polar surface area (TPSA) is 32.5 Å². The molecular weight excluding hydrogens is 279 g/mol. The van der Waals surface area contributed by atoms with Gasteiger partial charge in [-0.25, -0.2) is 0 Å². The maximum atomic E-state index is 13.1. The first-order chi connectivity index (χ1) is 9.77. The fourth-order valence-electron chi connectivity index (χ4n) is 2.84. The molecule has 0 radical (unpaired) electrons. The van der Waals surface area contributed by atoms with Crippen molar-refractivity contribution in [2.75, 3.05) is 44.4 Å². The molecule has 2 rings (SSSR count). The van der Waals surface area contributed by atoms with Gasteiger partial charge in [0.15, 0.2) is 0 Å². The van der Waals surface area contributed by atoms with Gasteiger partial charge in [0.2, 0.25) is 0 Å². The van der Waals surface area contributed by atoms with E-state index < -0.39 is 11.7 Å². The Balaban J connectivity index is 2.13. The second kappa shape index (κ2) is 6.13. The zero-order valence-electron chi connectivity index (χ0n) is 12.5. The third kappa shape index (κ3) is 4.03. The van der Waals surface area contributed by atoms with Gasteiger partial charge in [-0.3, -0.25) is 0 Å². The normalized spacial score (nSPS) is 18.0. The van der Waals surface area contributed by atoms with E-state index in [1.165, 1.54) is 12.1 Å². The molecule has 3 nitrogen and oxygen atoms in total. The molecule has 2 N–H and O–H groups in total. The van der Waals surface area contributed by atoms with Crippen LogP contribution < -0.4 is 10.6 Å². The summed E-state index contributed by atoms with van der Waals surface area (Å²) < 4.78 is 39.4. The Morgan fingerprint density at radius 3 is 2.48 bits per heavy atom. The monoisotopic (exact) mass is 301 g/mol. The number of nitrogen functional groups attached to an aromatic ring is 1.